The molecule has 1 fully saturated rings. The van der Waals surface area contributed by atoms with Crippen LogP contribution in [0.1, 0.15) is 33.5 Å². The quantitative estimate of drug-likeness (QED) is 0.699. The Kier molecular flexibility index (Phi) is 4.78. The summed E-state index contributed by atoms with van der Waals surface area (Å²) in [6, 6.07) is 10.7. The Labute approximate surface area is 176 Å². The van der Waals surface area contributed by atoms with Crippen LogP contribution in [0, 0.1) is 5.92 Å². The second-order valence-corrected chi connectivity index (χ2v) is 8.90. The molecule has 5 rings (SSSR count). The minimum absolute atomic E-state index is 0.132. The number of rotatable bonds is 4. The lowest BCUT2D eigenvalue weighted by atomic mass is 9.83. The summed E-state index contributed by atoms with van der Waals surface area (Å²) in [5, 5.41) is 4.64. The van der Waals surface area contributed by atoms with E-state index in [0.717, 1.165) is 17.0 Å². The lowest BCUT2D eigenvalue weighted by molar-refractivity contribution is -0.133. The van der Waals surface area contributed by atoms with Crippen LogP contribution in [0.3, 0.4) is 0 Å². The molecule has 2 unspecified atom stereocenters. The summed E-state index contributed by atoms with van der Waals surface area (Å²) in [5.41, 5.74) is 0.965. The van der Waals surface area contributed by atoms with Gasteiger partial charge in [0.25, 0.3) is 11.5 Å². The summed E-state index contributed by atoms with van der Waals surface area (Å²) in [7, 11) is 0. The van der Waals surface area contributed by atoms with Gasteiger partial charge in [0.05, 0.1) is 12.7 Å². The topological polar surface area (TPSA) is 84.5 Å². The van der Waals surface area contributed by atoms with Crippen LogP contribution in [0.5, 0.6) is 0 Å². The van der Waals surface area contributed by atoms with Gasteiger partial charge in [-0.3, -0.25) is 14.4 Å². The molecule has 2 aliphatic heterocycles. The zero-order valence-corrected chi connectivity index (χ0v) is 17.1. The number of thiophene rings is 1. The van der Waals surface area contributed by atoms with E-state index in [0.29, 0.717) is 26.1 Å². The summed E-state index contributed by atoms with van der Waals surface area (Å²) in [4.78, 5) is 41.0. The van der Waals surface area contributed by atoms with Crippen molar-refractivity contribution < 1.29 is 14.0 Å². The van der Waals surface area contributed by atoms with E-state index in [4.69, 9.17) is 4.42 Å². The van der Waals surface area contributed by atoms with Gasteiger partial charge in [0, 0.05) is 36.1 Å². The van der Waals surface area contributed by atoms with Crippen LogP contribution in [0.4, 0.5) is 5.69 Å². The third kappa shape index (κ3) is 3.47. The van der Waals surface area contributed by atoms with E-state index in [1.54, 1.807) is 34.1 Å². The number of aromatic nitrogens is 1. The molecule has 0 saturated carbocycles. The van der Waals surface area contributed by atoms with Crippen LogP contribution in [0.25, 0.3) is 0 Å². The summed E-state index contributed by atoms with van der Waals surface area (Å²) >= 11 is 1.60. The van der Waals surface area contributed by atoms with E-state index in [1.165, 1.54) is 6.26 Å². The van der Waals surface area contributed by atoms with Crippen LogP contribution in [0.15, 0.2) is 57.3 Å². The zero-order valence-electron chi connectivity index (χ0n) is 16.2. The fourth-order valence-electron chi connectivity index (χ4n) is 4.51. The summed E-state index contributed by atoms with van der Waals surface area (Å²) in [6.45, 7) is 1.84. The molecule has 154 valence electrons. The van der Waals surface area contributed by atoms with E-state index < -0.39 is 5.91 Å². The van der Waals surface area contributed by atoms with Crippen molar-refractivity contribution in [3.63, 3.8) is 0 Å². The average Bonchev–Trinajstić information content (AvgIpc) is 3.44. The number of carbonyl (C=O) groups excluding carboxylic acids is 2. The first-order valence-electron chi connectivity index (χ1n) is 9.97. The third-order valence-corrected chi connectivity index (χ3v) is 6.73. The molecule has 2 bridgehead atoms. The number of nitrogens with zero attached hydrogens (tertiary/aromatic N) is 2. The maximum absolute atomic E-state index is 13.0. The normalized spacial score (nSPS) is 19.9. The summed E-state index contributed by atoms with van der Waals surface area (Å²) < 4.78 is 6.86. The maximum atomic E-state index is 13.0. The molecule has 0 radical (unpaired) electrons. The number of pyridine rings is 1. The molecular formula is C22H21N3O4S. The Morgan fingerprint density at radius 1 is 1.13 bits per heavy atom. The van der Waals surface area contributed by atoms with Crippen molar-refractivity contribution in [2.75, 3.05) is 18.4 Å². The Bertz CT molecular complexity index is 1130. The predicted molar refractivity (Wildman–Crippen MR) is 113 cm³/mol. The van der Waals surface area contributed by atoms with Crippen LogP contribution in [-0.4, -0.2) is 34.4 Å². The molecule has 3 aromatic heterocycles. The van der Waals surface area contributed by atoms with Crippen molar-refractivity contribution in [1.82, 2.24) is 9.47 Å². The van der Waals surface area contributed by atoms with E-state index in [2.05, 4.69) is 5.32 Å². The minimum Gasteiger partial charge on any atom is -0.459 e. The number of amides is 2. The first-order chi connectivity index (χ1) is 14.6. The number of piperidine rings is 1. The molecule has 5 heterocycles. The predicted octanol–water partition coefficient (Wildman–Crippen LogP) is 2.94. The maximum Gasteiger partial charge on any atom is 0.291 e. The fraction of sp³-hybridized carbons (Fsp3) is 0.318. The highest BCUT2D eigenvalue weighted by atomic mass is 32.1. The van der Waals surface area contributed by atoms with Gasteiger partial charge in [-0.25, -0.2) is 0 Å². The third-order valence-electron chi connectivity index (χ3n) is 5.86. The van der Waals surface area contributed by atoms with Crippen molar-refractivity contribution in [3.05, 3.63) is 74.7 Å². The monoisotopic (exact) mass is 423 g/mol. The van der Waals surface area contributed by atoms with Crippen LogP contribution < -0.4 is 10.9 Å². The van der Waals surface area contributed by atoms with Crippen molar-refractivity contribution in [3.8, 4) is 0 Å². The Morgan fingerprint density at radius 3 is 2.80 bits per heavy atom. The highest BCUT2D eigenvalue weighted by Crippen LogP contribution is 2.35. The SMILES string of the molecule is O=C(Nc1ccc2n(c1=O)CC1CC2CN(C(=O)Cc2cccs2)C1)c1ccco1. The number of likely N-dealkylation sites (tertiary alicyclic amines) is 1. The number of fused-ring (bicyclic) bond motifs is 4. The largest absolute Gasteiger partial charge is 0.459 e. The fourth-order valence-corrected chi connectivity index (χ4v) is 5.21. The molecule has 30 heavy (non-hydrogen) atoms. The van der Waals surface area contributed by atoms with Gasteiger partial charge in [-0.05, 0) is 48.1 Å². The van der Waals surface area contributed by atoms with Crippen molar-refractivity contribution in [1.29, 1.82) is 0 Å². The van der Waals surface area contributed by atoms with Gasteiger partial charge < -0.3 is 19.2 Å². The van der Waals surface area contributed by atoms with Gasteiger partial charge in [0.2, 0.25) is 5.91 Å². The number of hydrogen-bond acceptors (Lipinski definition) is 5. The molecule has 7 nitrogen and oxygen atoms in total. The highest BCUT2D eigenvalue weighted by molar-refractivity contribution is 7.10. The smallest absolute Gasteiger partial charge is 0.291 e. The van der Waals surface area contributed by atoms with Crippen molar-refractivity contribution in [2.45, 2.75) is 25.3 Å². The van der Waals surface area contributed by atoms with Crippen LogP contribution >= 0.6 is 11.3 Å². The first-order valence-corrected chi connectivity index (χ1v) is 10.8. The molecule has 0 aromatic carbocycles. The van der Waals surface area contributed by atoms with Crippen LogP contribution in [-0.2, 0) is 17.8 Å². The number of carbonyl (C=O) groups is 2. The average molecular weight is 423 g/mol. The number of nitrogens with one attached hydrogen (secondary N) is 1. The molecule has 2 amide bonds. The van der Waals surface area contributed by atoms with Crippen LogP contribution in [0.2, 0.25) is 0 Å². The van der Waals surface area contributed by atoms with E-state index in [9.17, 15) is 14.4 Å². The molecule has 1 saturated heterocycles. The van der Waals surface area contributed by atoms with Crippen molar-refractivity contribution in [2.24, 2.45) is 5.92 Å². The van der Waals surface area contributed by atoms with Gasteiger partial charge in [0.1, 0.15) is 5.69 Å². The standard InChI is InChI=1S/C22H21N3O4S/c26-20(10-16-3-2-8-30-16)24-11-14-9-15(13-24)18-6-5-17(22(28)25(18)12-14)23-21(27)19-4-1-7-29-19/h1-8,14-15H,9-13H2,(H,23,27). The van der Waals surface area contributed by atoms with Gasteiger partial charge in [-0.2, -0.15) is 0 Å². The molecule has 3 aromatic rings. The Morgan fingerprint density at radius 2 is 2.03 bits per heavy atom. The zero-order chi connectivity index (χ0) is 20.7. The van der Waals surface area contributed by atoms with Gasteiger partial charge in [-0.1, -0.05) is 6.07 Å². The van der Waals surface area contributed by atoms with E-state index in [-0.39, 0.29) is 34.7 Å². The lowest BCUT2D eigenvalue weighted by Gasteiger charge is -2.43. The first kappa shape index (κ1) is 18.9. The molecule has 0 aliphatic carbocycles. The minimum atomic E-state index is -0.445. The molecule has 2 atom stereocenters. The van der Waals surface area contributed by atoms with E-state index in [1.807, 2.05) is 28.5 Å². The van der Waals surface area contributed by atoms with Gasteiger partial charge in [-0.15, -0.1) is 11.3 Å². The number of furan rings is 1. The Balaban J connectivity index is 1.35. The molecule has 1 N–H and O–H groups in total. The summed E-state index contributed by atoms with van der Waals surface area (Å²) in [5.74, 6) is 0.225. The highest BCUT2D eigenvalue weighted by Gasteiger charge is 2.36. The van der Waals surface area contributed by atoms with Gasteiger partial charge in [0.15, 0.2) is 5.76 Å². The van der Waals surface area contributed by atoms with E-state index >= 15 is 0 Å². The second kappa shape index (κ2) is 7.60. The molecule has 2 aliphatic rings. The second-order valence-electron chi connectivity index (χ2n) is 7.87. The number of hydrogen-bond donors (Lipinski definition) is 1. The molecular weight excluding hydrogens is 402 g/mol. The lowest BCUT2D eigenvalue weighted by Crippen LogP contribution is -2.49. The number of anilines is 1. The molecule has 0 spiro atoms. The Hall–Kier alpha value is -3.13. The summed E-state index contributed by atoms with van der Waals surface area (Å²) in [6.07, 6.45) is 2.82. The van der Waals surface area contributed by atoms with Crippen molar-refractivity contribution >= 4 is 28.8 Å². The molecule has 8 heteroatoms. The van der Waals surface area contributed by atoms with Gasteiger partial charge >= 0.3 is 0 Å².